The highest BCUT2D eigenvalue weighted by Gasteiger charge is 2.51. The molecule has 6 fully saturated rings. The Bertz CT molecular complexity index is 1650. The summed E-state index contributed by atoms with van der Waals surface area (Å²) in [4.78, 5) is 18.7. The molecular formula is C44H58N6O4. The maximum Gasteiger partial charge on any atom is 0.297 e. The molecule has 0 amide bonds. The first-order chi connectivity index (χ1) is 26.5. The Labute approximate surface area is 320 Å². The zero-order valence-electron chi connectivity index (χ0n) is 32.3. The van der Waals surface area contributed by atoms with Gasteiger partial charge in [0.05, 0.1) is 26.6 Å². The quantitative estimate of drug-likeness (QED) is 0.179. The van der Waals surface area contributed by atoms with Crippen LogP contribution >= 0.6 is 0 Å². The first-order valence-corrected chi connectivity index (χ1v) is 20.6. The first kappa shape index (κ1) is 35.7. The van der Waals surface area contributed by atoms with Gasteiger partial charge >= 0.3 is 0 Å². The second-order valence-corrected chi connectivity index (χ2v) is 17.2. The Kier molecular flexibility index (Phi) is 10.1. The number of hydrogen-bond donors (Lipinski definition) is 0. The molecule has 2 spiro atoms. The van der Waals surface area contributed by atoms with E-state index >= 15 is 0 Å². The molecule has 288 valence electrons. The van der Waals surface area contributed by atoms with Crippen molar-refractivity contribution < 1.29 is 18.3 Å². The van der Waals surface area contributed by atoms with Crippen LogP contribution in [0.4, 0.5) is 12.0 Å². The lowest BCUT2D eigenvalue weighted by molar-refractivity contribution is 0.129. The van der Waals surface area contributed by atoms with E-state index in [1.165, 1.54) is 102 Å². The van der Waals surface area contributed by atoms with Gasteiger partial charge in [-0.05, 0) is 125 Å². The fourth-order valence-corrected chi connectivity index (χ4v) is 11.3. The lowest BCUT2D eigenvalue weighted by Gasteiger charge is -2.48. The van der Waals surface area contributed by atoms with Gasteiger partial charge in [0.25, 0.3) is 12.0 Å². The smallest absolute Gasteiger partial charge is 0.297 e. The Balaban J connectivity index is 0.000000142. The first-order valence-electron chi connectivity index (χ1n) is 20.6. The van der Waals surface area contributed by atoms with Crippen molar-refractivity contribution in [3.05, 3.63) is 84.6 Å². The largest absolute Gasteiger partial charge is 0.496 e. The number of oxazole rings is 2. The summed E-state index contributed by atoms with van der Waals surface area (Å²) in [6.07, 6.45) is 19.9. The van der Waals surface area contributed by atoms with Gasteiger partial charge in [0, 0.05) is 49.1 Å². The summed E-state index contributed by atoms with van der Waals surface area (Å²) in [5, 5.41) is 0. The summed E-state index contributed by atoms with van der Waals surface area (Å²) < 4.78 is 22.1. The minimum atomic E-state index is 0.499. The predicted molar refractivity (Wildman–Crippen MR) is 211 cm³/mol. The van der Waals surface area contributed by atoms with Crippen LogP contribution in [-0.2, 0) is 0 Å². The van der Waals surface area contributed by atoms with Crippen molar-refractivity contribution in [2.45, 2.75) is 88.1 Å². The standard InChI is InChI=1S/2C22H29N3O2/c2*1-26-20-5-3-2-4-19(20)17-7-11-24(12-8-17)18-6-9-22(14-18)15-25(16-22)21-23-10-13-27-21/h2*2-5,10,13,17-18H,6-9,11-12,14-16H2,1H3/t2*18-/m10/s1. The van der Waals surface area contributed by atoms with Crippen LogP contribution in [0.5, 0.6) is 11.5 Å². The molecule has 0 N–H and O–H groups in total. The van der Waals surface area contributed by atoms with Crippen LogP contribution in [0.3, 0.4) is 0 Å². The highest BCUT2D eigenvalue weighted by atomic mass is 16.5. The van der Waals surface area contributed by atoms with Crippen molar-refractivity contribution in [3.63, 3.8) is 0 Å². The molecule has 2 saturated carbocycles. The van der Waals surface area contributed by atoms with Crippen LogP contribution in [0.25, 0.3) is 0 Å². The number of aromatic nitrogens is 2. The Hall–Kier alpha value is -4.02. The molecule has 0 unspecified atom stereocenters. The summed E-state index contributed by atoms with van der Waals surface area (Å²) in [5.74, 6) is 3.38. The topological polar surface area (TPSA) is 83.5 Å². The molecule has 4 aliphatic heterocycles. The van der Waals surface area contributed by atoms with Gasteiger partial charge in [0.15, 0.2) is 0 Å². The van der Waals surface area contributed by atoms with Crippen molar-refractivity contribution >= 4 is 12.0 Å². The molecule has 10 nitrogen and oxygen atoms in total. The lowest BCUT2D eigenvalue weighted by Crippen LogP contribution is -2.56. The van der Waals surface area contributed by atoms with Gasteiger partial charge in [-0.15, -0.1) is 0 Å². The Morgan fingerprint density at radius 2 is 0.981 bits per heavy atom. The van der Waals surface area contributed by atoms with E-state index in [2.05, 4.69) is 78.1 Å². The predicted octanol–water partition coefficient (Wildman–Crippen LogP) is 7.84. The number of para-hydroxylation sites is 2. The molecule has 2 aliphatic carbocycles. The molecule has 2 atom stereocenters. The van der Waals surface area contributed by atoms with Crippen molar-refractivity contribution in [2.75, 3.05) is 76.4 Å². The zero-order chi connectivity index (χ0) is 36.5. The second kappa shape index (κ2) is 15.3. The lowest BCUT2D eigenvalue weighted by atomic mass is 9.78. The van der Waals surface area contributed by atoms with E-state index in [0.717, 1.165) is 61.8 Å². The van der Waals surface area contributed by atoms with Gasteiger partial charge < -0.3 is 37.9 Å². The van der Waals surface area contributed by atoms with Gasteiger partial charge in [-0.2, -0.15) is 0 Å². The number of benzene rings is 2. The molecule has 2 aromatic heterocycles. The highest BCUT2D eigenvalue weighted by Crippen LogP contribution is 2.50. The fraction of sp³-hybridized carbons (Fsp3) is 0.591. The number of ether oxygens (including phenoxy) is 2. The third kappa shape index (κ3) is 7.12. The van der Waals surface area contributed by atoms with E-state index in [-0.39, 0.29) is 0 Å². The van der Waals surface area contributed by atoms with E-state index in [9.17, 15) is 0 Å². The molecule has 10 heteroatoms. The molecule has 4 saturated heterocycles. The second-order valence-electron chi connectivity index (χ2n) is 17.2. The summed E-state index contributed by atoms with van der Waals surface area (Å²) in [7, 11) is 3.57. The molecule has 6 heterocycles. The molecule has 6 aliphatic rings. The molecule has 0 bridgehead atoms. The zero-order valence-corrected chi connectivity index (χ0v) is 32.3. The number of nitrogens with zero attached hydrogens (tertiary/aromatic N) is 6. The maximum atomic E-state index is 5.58. The summed E-state index contributed by atoms with van der Waals surface area (Å²) in [5.41, 5.74) is 3.78. The summed E-state index contributed by atoms with van der Waals surface area (Å²) >= 11 is 0. The third-order valence-electron chi connectivity index (χ3n) is 14.1. The highest BCUT2D eigenvalue weighted by molar-refractivity contribution is 5.38. The number of anilines is 2. The number of methoxy groups -OCH3 is 2. The van der Waals surface area contributed by atoms with Crippen LogP contribution < -0.4 is 19.3 Å². The van der Waals surface area contributed by atoms with Crippen LogP contribution in [0.1, 0.15) is 87.2 Å². The van der Waals surface area contributed by atoms with E-state index < -0.39 is 0 Å². The van der Waals surface area contributed by atoms with Crippen molar-refractivity contribution in [2.24, 2.45) is 10.8 Å². The number of likely N-dealkylation sites (tertiary alicyclic amines) is 2. The molecule has 0 radical (unpaired) electrons. The molecule has 2 aromatic carbocycles. The monoisotopic (exact) mass is 734 g/mol. The van der Waals surface area contributed by atoms with Gasteiger partial charge in [0.1, 0.15) is 24.0 Å². The molecule has 4 aromatic rings. The molecule has 54 heavy (non-hydrogen) atoms. The number of hydrogen-bond acceptors (Lipinski definition) is 10. The van der Waals surface area contributed by atoms with Crippen LogP contribution in [0.15, 0.2) is 82.3 Å². The third-order valence-corrected chi connectivity index (χ3v) is 14.1. The van der Waals surface area contributed by atoms with Crippen molar-refractivity contribution in [3.8, 4) is 11.5 Å². The van der Waals surface area contributed by atoms with Gasteiger partial charge in [0.2, 0.25) is 0 Å². The van der Waals surface area contributed by atoms with E-state index in [4.69, 9.17) is 18.3 Å². The number of rotatable bonds is 8. The number of piperidine rings is 2. The van der Waals surface area contributed by atoms with E-state index in [1.807, 2.05) is 0 Å². The Morgan fingerprint density at radius 3 is 1.35 bits per heavy atom. The summed E-state index contributed by atoms with van der Waals surface area (Å²) in [6, 6.07) is 20.2. The minimum absolute atomic E-state index is 0.499. The minimum Gasteiger partial charge on any atom is -0.496 e. The summed E-state index contributed by atoms with van der Waals surface area (Å²) in [6.45, 7) is 9.31. The molecule has 10 rings (SSSR count). The van der Waals surface area contributed by atoms with Gasteiger partial charge in [-0.1, -0.05) is 36.4 Å². The fourth-order valence-electron chi connectivity index (χ4n) is 11.3. The van der Waals surface area contributed by atoms with Crippen LogP contribution in [-0.4, -0.2) is 98.4 Å². The average Bonchev–Trinajstić information content (AvgIpc) is 4.04. The van der Waals surface area contributed by atoms with Gasteiger partial charge in [-0.3, -0.25) is 0 Å². The SMILES string of the molecule is COc1ccccc1C1CCN([C@@H]2CCC3(C2)CN(c2ncco2)C3)CC1.COc1ccccc1C1CCN([C@H]2CCC3(C2)CN(c2ncco2)C3)CC1. The van der Waals surface area contributed by atoms with Crippen molar-refractivity contribution in [1.29, 1.82) is 0 Å². The van der Waals surface area contributed by atoms with Crippen molar-refractivity contribution in [1.82, 2.24) is 19.8 Å². The van der Waals surface area contributed by atoms with Crippen LogP contribution in [0, 0.1) is 10.8 Å². The molecular weight excluding hydrogens is 677 g/mol. The van der Waals surface area contributed by atoms with Gasteiger partial charge in [-0.25, -0.2) is 9.97 Å². The Morgan fingerprint density at radius 1 is 0.574 bits per heavy atom. The average molecular weight is 735 g/mol. The van der Waals surface area contributed by atoms with E-state index in [0.29, 0.717) is 22.7 Å². The normalized spacial score (nSPS) is 25.7. The van der Waals surface area contributed by atoms with Crippen LogP contribution in [0.2, 0.25) is 0 Å². The van der Waals surface area contributed by atoms with E-state index in [1.54, 1.807) is 39.1 Å². The maximum absolute atomic E-state index is 5.58.